The maximum atomic E-state index is 12.1. The second kappa shape index (κ2) is 7.25. The summed E-state index contributed by atoms with van der Waals surface area (Å²) < 4.78 is 5.53. The summed E-state index contributed by atoms with van der Waals surface area (Å²) >= 11 is 0. The van der Waals surface area contributed by atoms with Crippen molar-refractivity contribution < 1.29 is 19.4 Å². The molecule has 0 unspecified atom stereocenters. The standard InChI is InChI=1S/C19H20N2O4/c1-21(9-7-18(22)23)19(24)20-16-4-2-3-13(12-16)14-5-6-17-15(11-14)8-10-25-17/h2-6,11-12H,7-10H2,1H3,(H,20,24)(H,22,23). The fourth-order valence-corrected chi connectivity index (χ4v) is 2.73. The summed E-state index contributed by atoms with van der Waals surface area (Å²) in [7, 11) is 1.57. The molecule has 0 atom stereocenters. The summed E-state index contributed by atoms with van der Waals surface area (Å²) in [6.07, 6.45) is 0.829. The van der Waals surface area contributed by atoms with Gasteiger partial charge in [0.25, 0.3) is 0 Å². The van der Waals surface area contributed by atoms with Crippen molar-refractivity contribution in [1.82, 2.24) is 4.90 Å². The Morgan fingerprint density at radius 3 is 2.80 bits per heavy atom. The monoisotopic (exact) mass is 340 g/mol. The fraction of sp³-hybridized carbons (Fsp3) is 0.263. The van der Waals surface area contributed by atoms with E-state index in [0.717, 1.165) is 29.9 Å². The van der Waals surface area contributed by atoms with Gasteiger partial charge in [-0.3, -0.25) is 4.79 Å². The molecule has 0 radical (unpaired) electrons. The number of fused-ring (bicyclic) bond motifs is 1. The van der Waals surface area contributed by atoms with Gasteiger partial charge in [-0.15, -0.1) is 0 Å². The number of aliphatic carboxylic acids is 1. The average molecular weight is 340 g/mol. The Morgan fingerprint density at radius 2 is 2.00 bits per heavy atom. The predicted octanol–water partition coefficient (Wildman–Crippen LogP) is 3.23. The number of carbonyl (C=O) groups excluding carboxylic acids is 1. The quantitative estimate of drug-likeness (QED) is 0.876. The summed E-state index contributed by atoms with van der Waals surface area (Å²) in [6, 6.07) is 13.3. The minimum atomic E-state index is -0.928. The van der Waals surface area contributed by atoms with Crippen molar-refractivity contribution in [1.29, 1.82) is 0 Å². The summed E-state index contributed by atoms with van der Waals surface area (Å²) in [5.41, 5.74) is 3.93. The first kappa shape index (κ1) is 16.8. The van der Waals surface area contributed by atoms with E-state index in [4.69, 9.17) is 9.84 Å². The molecule has 0 aromatic heterocycles. The number of urea groups is 1. The Labute approximate surface area is 146 Å². The van der Waals surface area contributed by atoms with Crippen LogP contribution in [0.25, 0.3) is 11.1 Å². The van der Waals surface area contributed by atoms with Crippen LogP contribution in [0.5, 0.6) is 5.75 Å². The first-order chi connectivity index (χ1) is 12.0. The molecule has 0 aliphatic carbocycles. The molecule has 0 fully saturated rings. The van der Waals surface area contributed by atoms with E-state index in [1.807, 2.05) is 36.4 Å². The van der Waals surface area contributed by atoms with Crippen molar-refractivity contribution in [2.75, 3.05) is 25.5 Å². The Bertz CT molecular complexity index is 804. The first-order valence-corrected chi connectivity index (χ1v) is 8.13. The molecule has 0 saturated carbocycles. The number of ether oxygens (including phenoxy) is 1. The molecule has 6 nitrogen and oxygen atoms in total. The molecule has 1 aliphatic rings. The second-order valence-electron chi connectivity index (χ2n) is 6.00. The molecule has 0 spiro atoms. The highest BCUT2D eigenvalue weighted by atomic mass is 16.5. The third-order valence-corrected chi connectivity index (χ3v) is 4.14. The molecule has 6 heteroatoms. The van der Waals surface area contributed by atoms with E-state index in [0.29, 0.717) is 5.69 Å². The van der Waals surface area contributed by atoms with Crippen LogP contribution >= 0.6 is 0 Å². The third kappa shape index (κ3) is 4.09. The SMILES string of the molecule is CN(CCC(=O)O)C(=O)Nc1cccc(-c2ccc3c(c2)CCO3)c1. The van der Waals surface area contributed by atoms with Gasteiger partial charge in [0.05, 0.1) is 13.0 Å². The minimum absolute atomic E-state index is 0.0822. The molecule has 2 N–H and O–H groups in total. The van der Waals surface area contributed by atoms with Crippen LogP contribution in [0, 0.1) is 0 Å². The minimum Gasteiger partial charge on any atom is -0.493 e. The third-order valence-electron chi connectivity index (χ3n) is 4.14. The Morgan fingerprint density at radius 1 is 1.20 bits per heavy atom. The van der Waals surface area contributed by atoms with Crippen LogP contribution in [0.4, 0.5) is 10.5 Å². The smallest absolute Gasteiger partial charge is 0.321 e. The number of nitrogens with zero attached hydrogens (tertiary/aromatic N) is 1. The number of benzene rings is 2. The largest absolute Gasteiger partial charge is 0.493 e. The van der Waals surface area contributed by atoms with E-state index in [2.05, 4.69) is 11.4 Å². The summed E-state index contributed by atoms with van der Waals surface area (Å²) in [4.78, 5) is 24.1. The zero-order valence-corrected chi connectivity index (χ0v) is 14.0. The molecule has 0 bridgehead atoms. The Kier molecular flexibility index (Phi) is 4.88. The maximum absolute atomic E-state index is 12.1. The lowest BCUT2D eigenvalue weighted by Gasteiger charge is -2.17. The predicted molar refractivity (Wildman–Crippen MR) is 95.0 cm³/mol. The van der Waals surface area contributed by atoms with Crippen molar-refractivity contribution in [2.45, 2.75) is 12.8 Å². The van der Waals surface area contributed by atoms with E-state index in [1.54, 1.807) is 7.05 Å². The maximum Gasteiger partial charge on any atom is 0.321 e. The summed E-state index contributed by atoms with van der Waals surface area (Å²) in [6.45, 7) is 0.878. The highest BCUT2D eigenvalue weighted by molar-refractivity contribution is 5.90. The number of carboxylic acids is 1. The number of carboxylic acid groups (broad SMARTS) is 1. The van der Waals surface area contributed by atoms with Crippen LogP contribution in [0.15, 0.2) is 42.5 Å². The molecular weight excluding hydrogens is 320 g/mol. The molecule has 130 valence electrons. The normalized spacial score (nSPS) is 12.2. The fourth-order valence-electron chi connectivity index (χ4n) is 2.73. The van der Waals surface area contributed by atoms with Crippen molar-refractivity contribution in [3.8, 4) is 16.9 Å². The summed E-state index contributed by atoms with van der Waals surface area (Å²) in [5.74, 6) is 0.00972. The van der Waals surface area contributed by atoms with Gasteiger partial charge in [0.15, 0.2) is 0 Å². The lowest BCUT2D eigenvalue weighted by Crippen LogP contribution is -2.33. The van der Waals surface area contributed by atoms with Gasteiger partial charge in [0, 0.05) is 25.7 Å². The van der Waals surface area contributed by atoms with Crippen LogP contribution in [-0.2, 0) is 11.2 Å². The number of amides is 2. The van der Waals surface area contributed by atoms with Crippen LogP contribution < -0.4 is 10.1 Å². The van der Waals surface area contributed by atoms with Gasteiger partial charge in [0.2, 0.25) is 0 Å². The Balaban J connectivity index is 1.71. The molecule has 25 heavy (non-hydrogen) atoms. The van der Waals surface area contributed by atoms with Crippen LogP contribution in [0.1, 0.15) is 12.0 Å². The van der Waals surface area contributed by atoms with E-state index in [1.165, 1.54) is 10.5 Å². The Hall–Kier alpha value is -3.02. The molecule has 3 rings (SSSR count). The molecule has 2 aromatic rings. The number of hydrogen-bond donors (Lipinski definition) is 2. The number of nitrogens with one attached hydrogen (secondary N) is 1. The van der Waals surface area contributed by atoms with E-state index < -0.39 is 5.97 Å². The molecule has 1 heterocycles. The van der Waals surface area contributed by atoms with Gasteiger partial charge >= 0.3 is 12.0 Å². The molecular formula is C19H20N2O4. The van der Waals surface area contributed by atoms with Crippen LogP contribution in [0.3, 0.4) is 0 Å². The number of carbonyl (C=O) groups is 2. The highest BCUT2D eigenvalue weighted by Gasteiger charge is 2.14. The topological polar surface area (TPSA) is 78.9 Å². The van der Waals surface area contributed by atoms with Gasteiger partial charge in [0.1, 0.15) is 5.75 Å². The first-order valence-electron chi connectivity index (χ1n) is 8.13. The van der Waals surface area contributed by atoms with Gasteiger partial charge in [-0.1, -0.05) is 18.2 Å². The zero-order valence-electron chi connectivity index (χ0n) is 14.0. The molecule has 1 aliphatic heterocycles. The van der Waals surface area contributed by atoms with Gasteiger partial charge in [-0.05, 0) is 41.0 Å². The van der Waals surface area contributed by atoms with Crippen molar-refractivity contribution in [2.24, 2.45) is 0 Å². The van der Waals surface area contributed by atoms with Crippen LogP contribution in [-0.4, -0.2) is 42.2 Å². The van der Waals surface area contributed by atoms with E-state index >= 15 is 0 Å². The van der Waals surface area contributed by atoms with Gasteiger partial charge in [-0.2, -0.15) is 0 Å². The van der Waals surface area contributed by atoms with Gasteiger partial charge in [-0.25, -0.2) is 4.79 Å². The number of anilines is 1. The number of rotatable bonds is 5. The van der Waals surface area contributed by atoms with Crippen molar-refractivity contribution >= 4 is 17.7 Å². The number of hydrogen-bond acceptors (Lipinski definition) is 3. The zero-order chi connectivity index (χ0) is 17.8. The molecule has 2 aromatic carbocycles. The summed E-state index contributed by atoms with van der Waals surface area (Å²) in [5, 5.41) is 11.5. The average Bonchev–Trinajstić information content (AvgIpc) is 3.07. The lowest BCUT2D eigenvalue weighted by molar-refractivity contribution is -0.137. The van der Waals surface area contributed by atoms with Crippen LogP contribution in [0.2, 0.25) is 0 Å². The molecule has 2 amide bonds. The second-order valence-corrected chi connectivity index (χ2v) is 6.00. The lowest BCUT2D eigenvalue weighted by atomic mass is 10.0. The van der Waals surface area contributed by atoms with Crippen molar-refractivity contribution in [3.05, 3.63) is 48.0 Å². The molecule has 0 saturated heterocycles. The van der Waals surface area contributed by atoms with Crippen molar-refractivity contribution in [3.63, 3.8) is 0 Å². The van der Waals surface area contributed by atoms with Gasteiger partial charge < -0.3 is 20.1 Å². The van der Waals surface area contributed by atoms with E-state index in [-0.39, 0.29) is 19.0 Å². The highest BCUT2D eigenvalue weighted by Crippen LogP contribution is 2.31. The van der Waals surface area contributed by atoms with E-state index in [9.17, 15) is 9.59 Å².